The van der Waals surface area contributed by atoms with Crippen molar-refractivity contribution in [3.63, 3.8) is 0 Å². The number of rotatable bonds is 5. The summed E-state index contributed by atoms with van der Waals surface area (Å²) in [5.74, 6) is 0.941. The van der Waals surface area contributed by atoms with E-state index in [1.54, 1.807) is 0 Å². The standard InChI is InChI=1S/C15H24BrNS/c1-2-3-4-12-5-7-15(17,8-6-12)10-14-9-13(16)11-18-14/h9,11-12H,2-8,10,17H2,1H3. The summed E-state index contributed by atoms with van der Waals surface area (Å²) in [7, 11) is 0. The van der Waals surface area contributed by atoms with Gasteiger partial charge in [-0.05, 0) is 60.0 Å². The molecule has 1 aliphatic carbocycles. The van der Waals surface area contributed by atoms with E-state index in [9.17, 15) is 0 Å². The summed E-state index contributed by atoms with van der Waals surface area (Å²) < 4.78 is 1.20. The Hall–Kier alpha value is 0.140. The molecule has 102 valence electrons. The molecule has 1 nitrogen and oxygen atoms in total. The van der Waals surface area contributed by atoms with E-state index in [0.29, 0.717) is 0 Å². The molecule has 1 aromatic rings. The summed E-state index contributed by atoms with van der Waals surface area (Å²) in [6.07, 6.45) is 10.3. The monoisotopic (exact) mass is 329 g/mol. The highest BCUT2D eigenvalue weighted by Gasteiger charge is 2.31. The summed E-state index contributed by atoms with van der Waals surface area (Å²) in [5, 5.41) is 2.16. The maximum Gasteiger partial charge on any atom is 0.0285 e. The quantitative estimate of drug-likeness (QED) is 0.796. The highest BCUT2D eigenvalue weighted by Crippen LogP contribution is 2.36. The molecular formula is C15H24BrNS. The first-order valence-corrected chi connectivity index (χ1v) is 8.80. The molecule has 0 amide bonds. The Balaban J connectivity index is 1.83. The Morgan fingerprint density at radius 1 is 1.44 bits per heavy atom. The summed E-state index contributed by atoms with van der Waals surface area (Å²) in [5.41, 5.74) is 6.65. The number of hydrogen-bond acceptors (Lipinski definition) is 2. The van der Waals surface area contributed by atoms with Crippen LogP contribution in [0.3, 0.4) is 0 Å². The Morgan fingerprint density at radius 3 is 2.72 bits per heavy atom. The summed E-state index contributed by atoms with van der Waals surface area (Å²) >= 11 is 5.35. The number of unbranched alkanes of at least 4 members (excludes halogenated alkanes) is 1. The van der Waals surface area contributed by atoms with Crippen molar-refractivity contribution in [2.45, 2.75) is 63.8 Å². The van der Waals surface area contributed by atoms with E-state index in [2.05, 4.69) is 34.3 Å². The Morgan fingerprint density at radius 2 is 2.17 bits per heavy atom. The highest BCUT2D eigenvalue weighted by atomic mass is 79.9. The van der Waals surface area contributed by atoms with Gasteiger partial charge in [-0.15, -0.1) is 11.3 Å². The minimum atomic E-state index is 0.0625. The molecule has 1 aliphatic rings. The van der Waals surface area contributed by atoms with Crippen LogP contribution in [0.4, 0.5) is 0 Å². The molecule has 1 fully saturated rings. The second-order valence-electron chi connectivity index (χ2n) is 5.86. The summed E-state index contributed by atoms with van der Waals surface area (Å²) in [6.45, 7) is 2.28. The topological polar surface area (TPSA) is 26.0 Å². The third-order valence-corrected chi connectivity index (χ3v) is 5.91. The average molecular weight is 330 g/mol. The van der Waals surface area contributed by atoms with E-state index in [-0.39, 0.29) is 5.54 Å². The molecule has 1 aromatic heterocycles. The molecule has 1 saturated carbocycles. The Kier molecular flexibility index (Phi) is 5.28. The Bertz CT molecular complexity index is 366. The SMILES string of the molecule is CCCCC1CCC(N)(Cc2cc(Br)cs2)CC1. The zero-order chi connectivity index (χ0) is 13.0. The first-order valence-electron chi connectivity index (χ1n) is 7.13. The van der Waals surface area contributed by atoms with Crippen molar-refractivity contribution in [3.05, 3.63) is 20.8 Å². The van der Waals surface area contributed by atoms with Crippen molar-refractivity contribution < 1.29 is 0 Å². The van der Waals surface area contributed by atoms with Gasteiger partial charge in [0.05, 0.1) is 0 Å². The van der Waals surface area contributed by atoms with Crippen LogP contribution >= 0.6 is 27.3 Å². The average Bonchev–Trinajstić information content (AvgIpc) is 2.74. The van der Waals surface area contributed by atoms with Crippen LogP contribution in [0.1, 0.15) is 56.7 Å². The molecule has 0 bridgehead atoms. The van der Waals surface area contributed by atoms with Crippen LogP contribution in [-0.2, 0) is 6.42 Å². The highest BCUT2D eigenvalue weighted by molar-refractivity contribution is 9.10. The molecule has 0 radical (unpaired) electrons. The molecule has 0 aliphatic heterocycles. The fourth-order valence-electron chi connectivity index (χ4n) is 3.00. The molecule has 0 spiro atoms. The van der Waals surface area contributed by atoms with Crippen molar-refractivity contribution >= 4 is 27.3 Å². The molecule has 1 heterocycles. The van der Waals surface area contributed by atoms with Gasteiger partial charge in [-0.1, -0.05) is 26.2 Å². The largest absolute Gasteiger partial charge is 0.325 e. The van der Waals surface area contributed by atoms with Crippen LogP contribution < -0.4 is 5.73 Å². The van der Waals surface area contributed by atoms with Crippen LogP contribution in [0.15, 0.2) is 15.9 Å². The Labute approximate surface area is 123 Å². The minimum Gasteiger partial charge on any atom is -0.325 e. The van der Waals surface area contributed by atoms with E-state index in [1.807, 2.05) is 11.3 Å². The van der Waals surface area contributed by atoms with Gasteiger partial charge in [0.25, 0.3) is 0 Å². The molecule has 2 rings (SSSR count). The van der Waals surface area contributed by atoms with Gasteiger partial charge in [0, 0.05) is 20.3 Å². The van der Waals surface area contributed by atoms with Gasteiger partial charge in [0.15, 0.2) is 0 Å². The molecule has 0 saturated heterocycles. The molecule has 3 heteroatoms. The third-order valence-electron chi connectivity index (χ3n) is 4.21. The summed E-state index contributed by atoms with van der Waals surface area (Å²) in [4.78, 5) is 1.43. The van der Waals surface area contributed by atoms with Crippen molar-refractivity contribution in [2.75, 3.05) is 0 Å². The van der Waals surface area contributed by atoms with Gasteiger partial charge < -0.3 is 5.73 Å². The van der Waals surface area contributed by atoms with Crippen molar-refractivity contribution in [3.8, 4) is 0 Å². The van der Waals surface area contributed by atoms with Crippen LogP contribution in [0, 0.1) is 5.92 Å². The van der Waals surface area contributed by atoms with Crippen LogP contribution in [-0.4, -0.2) is 5.54 Å². The maximum atomic E-state index is 6.58. The lowest BCUT2D eigenvalue weighted by Gasteiger charge is -2.37. The predicted octanol–water partition coefficient (Wildman–Crippen LogP) is 5.13. The van der Waals surface area contributed by atoms with Gasteiger partial charge in [0.2, 0.25) is 0 Å². The van der Waals surface area contributed by atoms with Gasteiger partial charge >= 0.3 is 0 Å². The number of nitrogens with two attached hydrogens (primary N) is 1. The first kappa shape index (κ1) is 14.5. The predicted molar refractivity (Wildman–Crippen MR) is 84.1 cm³/mol. The zero-order valence-electron chi connectivity index (χ0n) is 11.3. The number of halogens is 1. The van der Waals surface area contributed by atoms with Crippen LogP contribution in [0.25, 0.3) is 0 Å². The molecule has 18 heavy (non-hydrogen) atoms. The lowest BCUT2D eigenvalue weighted by Crippen LogP contribution is -2.45. The van der Waals surface area contributed by atoms with Crippen LogP contribution in [0.5, 0.6) is 0 Å². The molecule has 0 aromatic carbocycles. The van der Waals surface area contributed by atoms with Crippen LogP contribution in [0.2, 0.25) is 0 Å². The number of hydrogen-bond donors (Lipinski definition) is 1. The minimum absolute atomic E-state index is 0.0625. The lowest BCUT2D eigenvalue weighted by atomic mass is 9.74. The number of thiophene rings is 1. The second kappa shape index (κ2) is 6.53. The fourth-order valence-corrected chi connectivity index (χ4v) is 4.61. The van der Waals surface area contributed by atoms with Gasteiger partial charge in [-0.3, -0.25) is 0 Å². The van der Waals surface area contributed by atoms with E-state index in [0.717, 1.165) is 12.3 Å². The maximum absolute atomic E-state index is 6.58. The normalized spacial score (nSPS) is 28.5. The second-order valence-corrected chi connectivity index (χ2v) is 7.77. The molecule has 2 N–H and O–H groups in total. The zero-order valence-corrected chi connectivity index (χ0v) is 13.7. The van der Waals surface area contributed by atoms with Crippen molar-refractivity contribution in [1.29, 1.82) is 0 Å². The molecular weight excluding hydrogens is 306 g/mol. The van der Waals surface area contributed by atoms with E-state index in [4.69, 9.17) is 5.73 Å². The van der Waals surface area contributed by atoms with Crippen molar-refractivity contribution in [1.82, 2.24) is 0 Å². The lowest BCUT2D eigenvalue weighted by molar-refractivity contribution is 0.222. The molecule has 0 atom stereocenters. The third kappa shape index (κ3) is 4.07. The van der Waals surface area contributed by atoms with Gasteiger partial charge in [-0.25, -0.2) is 0 Å². The summed E-state index contributed by atoms with van der Waals surface area (Å²) in [6, 6.07) is 2.22. The first-order chi connectivity index (χ1) is 8.61. The van der Waals surface area contributed by atoms with Gasteiger partial charge in [-0.2, -0.15) is 0 Å². The van der Waals surface area contributed by atoms with Crippen molar-refractivity contribution in [2.24, 2.45) is 11.7 Å². The van der Waals surface area contributed by atoms with E-state index < -0.39 is 0 Å². The van der Waals surface area contributed by atoms with E-state index in [1.165, 1.54) is 54.3 Å². The smallest absolute Gasteiger partial charge is 0.0285 e. The molecule has 0 unspecified atom stereocenters. The fraction of sp³-hybridized carbons (Fsp3) is 0.733. The van der Waals surface area contributed by atoms with Gasteiger partial charge in [0.1, 0.15) is 0 Å². The van der Waals surface area contributed by atoms with E-state index >= 15 is 0 Å².